The van der Waals surface area contributed by atoms with Crippen LogP contribution in [0.5, 0.6) is 0 Å². The van der Waals surface area contributed by atoms with Gasteiger partial charge in [0.25, 0.3) is 0 Å². The van der Waals surface area contributed by atoms with Gasteiger partial charge in [0.2, 0.25) is 0 Å². The van der Waals surface area contributed by atoms with Crippen LogP contribution < -0.4 is 5.32 Å². The number of carbonyl (C=O) groups excluding carboxylic acids is 2. The van der Waals surface area contributed by atoms with Crippen LogP contribution in [0.3, 0.4) is 0 Å². The van der Waals surface area contributed by atoms with E-state index >= 15 is 0 Å². The van der Waals surface area contributed by atoms with Gasteiger partial charge in [-0.3, -0.25) is 4.79 Å². The lowest BCUT2D eigenvalue weighted by Gasteiger charge is -2.04. The van der Waals surface area contributed by atoms with Gasteiger partial charge in [-0.15, -0.1) is 6.58 Å². The SMILES string of the molecule is C=CCNc1ccc(CC(=O)OC=CC(=O)OCC)cc1. The van der Waals surface area contributed by atoms with Crippen LogP contribution in [0, 0.1) is 0 Å². The smallest absolute Gasteiger partial charge is 0.333 e. The Morgan fingerprint density at radius 1 is 1.29 bits per heavy atom. The third-order valence-corrected chi connectivity index (χ3v) is 2.44. The van der Waals surface area contributed by atoms with E-state index in [1.807, 2.05) is 24.3 Å². The second kappa shape index (κ2) is 9.36. The molecule has 0 aliphatic carbocycles. The van der Waals surface area contributed by atoms with Crippen molar-refractivity contribution in [2.24, 2.45) is 0 Å². The van der Waals surface area contributed by atoms with Gasteiger partial charge in [-0.05, 0) is 24.6 Å². The summed E-state index contributed by atoms with van der Waals surface area (Å²) in [7, 11) is 0. The van der Waals surface area contributed by atoms with Crippen LogP contribution in [0.2, 0.25) is 0 Å². The van der Waals surface area contributed by atoms with E-state index in [0.717, 1.165) is 23.6 Å². The van der Waals surface area contributed by atoms with Gasteiger partial charge in [-0.1, -0.05) is 18.2 Å². The van der Waals surface area contributed by atoms with E-state index in [1.165, 1.54) is 0 Å². The number of anilines is 1. The monoisotopic (exact) mass is 289 g/mol. The van der Waals surface area contributed by atoms with Gasteiger partial charge in [-0.2, -0.15) is 0 Å². The molecule has 0 heterocycles. The molecular formula is C16H19NO4. The Hall–Kier alpha value is -2.56. The van der Waals surface area contributed by atoms with Crippen LogP contribution in [0.1, 0.15) is 12.5 Å². The summed E-state index contributed by atoms with van der Waals surface area (Å²) < 4.78 is 9.47. The molecule has 0 radical (unpaired) electrons. The molecule has 0 aromatic heterocycles. The normalized spacial score (nSPS) is 10.1. The van der Waals surface area contributed by atoms with Crippen LogP contribution in [0.25, 0.3) is 0 Å². The Kier molecular flexibility index (Phi) is 7.35. The van der Waals surface area contributed by atoms with E-state index in [1.54, 1.807) is 13.0 Å². The Balaban J connectivity index is 2.40. The molecule has 21 heavy (non-hydrogen) atoms. The lowest BCUT2D eigenvalue weighted by atomic mass is 10.1. The predicted octanol–water partition coefficient (Wildman–Crippen LogP) is 2.45. The maximum atomic E-state index is 11.6. The van der Waals surface area contributed by atoms with Crippen molar-refractivity contribution in [1.29, 1.82) is 0 Å². The fourth-order valence-electron chi connectivity index (χ4n) is 1.49. The molecule has 0 saturated carbocycles. The zero-order chi connectivity index (χ0) is 15.5. The van der Waals surface area contributed by atoms with E-state index in [0.29, 0.717) is 6.54 Å². The molecule has 0 unspecified atom stereocenters. The molecule has 1 aromatic carbocycles. The van der Waals surface area contributed by atoms with E-state index in [-0.39, 0.29) is 13.0 Å². The van der Waals surface area contributed by atoms with Gasteiger partial charge in [-0.25, -0.2) is 4.79 Å². The number of hydrogen-bond acceptors (Lipinski definition) is 5. The first kappa shape index (κ1) is 16.5. The first-order chi connectivity index (χ1) is 10.2. The lowest BCUT2D eigenvalue weighted by molar-refractivity contribution is -0.138. The number of rotatable bonds is 8. The number of esters is 2. The highest BCUT2D eigenvalue weighted by Gasteiger charge is 2.04. The highest BCUT2D eigenvalue weighted by atomic mass is 16.5. The van der Waals surface area contributed by atoms with Crippen LogP contribution >= 0.6 is 0 Å². The molecule has 0 aliphatic rings. The molecular weight excluding hydrogens is 270 g/mol. The maximum absolute atomic E-state index is 11.6. The standard InChI is InChI=1S/C16H19NO4/c1-3-10-17-14-7-5-13(6-8-14)12-16(19)21-11-9-15(18)20-4-2/h3,5-9,11,17H,1,4,10,12H2,2H3. The summed E-state index contributed by atoms with van der Waals surface area (Å²) >= 11 is 0. The van der Waals surface area contributed by atoms with Crippen LogP contribution in [-0.4, -0.2) is 25.1 Å². The highest BCUT2D eigenvalue weighted by Crippen LogP contribution is 2.10. The fraction of sp³-hybridized carbons (Fsp3) is 0.250. The summed E-state index contributed by atoms with van der Waals surface area (Å²) in [5, 5.41) is 3.14. The zero-order valence-corrected chi connectivity index (χ0v) is 12.0. The summed E-state index contributed by atoms with van der Waals surface area (Å²) in [5.74, 6) is -0.981. The fourth-order valence-corrected chi connectivity index (χ4v) is 1.49. The van der Waals surface area contributed by atoms with Gasteiger partial charge in [0.05, 0.1) is 19.1 Å². The molecule has 0 aliphatic heterocycles. The molecule has 1 rings (SSSR count). The van der Waals surface area contributed by atoms with Crippen LogP contribution in [0.4, 0.5) is 5.69 Å². The van der Waals surface area contributed by atoms with Crippen molar-refractivity contribution in [3.05, 3.63) is 54.8 Å². The second-order valence-corrected chi connectivity index (χ2v) is 4.09. The lowest BCUT2D eigenvalue weighted by Crippen LogP contribution is -2.05. The van der Waals surface area contributed by atoms with Gasteiger partial charge >= 0.3 is 11.9 Å². The van der Waals surface area contributed by atoms with Gasteiger partial charge in [0, 0.05) is 12.2 Å². The molecule has 1 aromatic rings. The molecule has 0 amide bonds. The summed E-state index contributed by atoms with van der Waals surface area (Å²) in [4.78, 5) is 22.5. The number of carbonyl (C=O) groups is 2. The molecule has 1 N–H and O–H groups in total. The van der Waals surface area contributed by atoms with E-state index < -0.39 is 11.9 Å². The van der Waals surface area contributed by atoms with Crippen LogP contribution in [-0.2, 0) is 25.5 Å². The largest absolute Gasteiger partial charge is 0.463 e. The third kappa shape index (κ3) is 6.96. The Morgan fingerprint density at radius 3 is 2.62 bits per heavy atom. The summed E-state index contributed by atoms with van der Waals surface area (Å²) in [5.41, 5.74) is 1.78. The topological polar surface area (TPSA) is 64.6 Å². The van der Waals surface area contributed by atoms with Crippen molar-refractivity contribution in [3.8, 4) is 0 Å². The second-order valence-electron chi connectivity index (χ2n) is 4.09. The van der Waals surface area contributed by atoms with E-state index in [9.17, 15) is 9.59 Å². The summed E-state index contributed by atoms with van der Waals surface area (Å²) in [6, 6.07) is 7.42. The molecule has 0 fully saturated rings. The van der Waals surface area contributed by atoms with E-state index in [2.05, 4.69) is 16.6 Å². The number of ether oxygens (including phenoxy) is 2. The van der Waals surface area contributed by atoms with Gasteiger partial charge in [0.1, 0.15) is 6.26 Å². The molecule has 5 heteroatoms. The van der Waals surface area contributed by atoms with Crippen molar-refractivity contribution in [1.82, 2.24) is 0 Å². The van der Waals surface area contributed by atoms with Crippen molar-refractivity contribution >= 4 is 17.6 Å². The molecule has 0 bridgehead atoms. The average Bonchev–Trinajstić information content (AvgIpc) is 2.47. The van der Waals surface area contributed by atoms with Crippen molar-refractivity contribution in [3.63, 3.8) is 0 Å². The molecule has 0 spiro atoms. The Morgan fingerprint density at radius 2 is 2.00 bits per heavy atom. The molecule has 0 atom stereocenters. The predicted molar refractivity (Wildman–Crippen MR) is 80.7 cm³/mol. The maximum Gasteiger partial charge on any atom is 0.333 e. The average molecular weight is 289 g/mol. The third-order valence-electron chi connectivity index (χ3n) is 2.44. The highest BCUT2D eigenvalue weighted by molar-refractivity contribution is 5.82. The molecule has 112 valence electrons. The van der Waals surface area contributed by atoms with Crippen LogP contribution in [0.15, 0.2) is 49.3 Å². The Bertz CT molecular complexity index is 506. The number of benzene rings is 1. The Labute approximate surface area is 124 Å². The summed E-state index contributed by atoms with van der Waals surface area (Å²) in [6.45, 7) is 6.28. The minimum absolute atomic E-state index is 0.134. The van der Waals surface area contributed by atoms with E-state index in [4.69, 9.17) is 4.74 Å². The first-order valence-corrected chi connectivity index (χ1v) is 6.62. The van der Waals surface area contributed by atoms with Gasteiger partial charge < -0.3 is 14.8 Å². The van der Waals surface area contributed by atoms with Crippen molar-refractivity contribution < 1.29 is 19.1 Å². The molecule has 5 nitrogen and oxygen atoms in total. The minimum Gasteiger partial charge on any atom is -0.463 e. The van der Waals surface area contributed by atoms with Crippen molar-refractivity contribution in [2.75, 3.05) is 18.5 Å². The summed E-state index contributed by atoms with van der Waals surface area (Å²) in [6.07, 6.45) is 4.01. The molecule has 0 saturated heterocycles. The quantitative estimate of drug-likeness (QED) is 0.345. The minimum atomic E-state index is -0.539. The van der Waals surface area contributed by atoms with Crippen molar-refractivity contribution in [2.45, 2.75) is 13.3 Å². The van der Waals surface area contributed by atoms with Gasteiger partial charge in [0.15, 0.2) is 0 Å². The number of nitrogens with one attached hydrogen (secondary N) is 1. The zero-order valence-electron chi connectivity index (χ0n) is 12.0. The first-order valence-electron chi connectivity index (χ1n) is 6.62. The number of hydrogen-bond donors (Lipinski definition) is 1.